The normalized spacial score (nSPS) is 12.7. The molecule has 118 valence electrons. The smallest absolute Gasteiger partial charge is 0.252 e. The van der Waals surface area contributed by atoms with E-state index in [1.807, 2.05) is 0 Å². The second-order valence-corrected chi connectivity index (χ2v) is 4.87. The second-order valence-electron chi connectivity index (χ2n) is 4.87. The average molecular weight is 314 g/mol. The van der Waals surface area contributed by atoms with Crippen molar-refractivity contribution in [1.29, 1.82) is 0 Å². The molecule has 0 aliphatic rings. The first kappa shape index (κ1) is 16.4. The molecule has 0 saturated carbocycles. The molecule has 0 aliphatic heterocycles. The molecule has 2 aromatic carbocycles. The molecule has 0 atom stereocenters. The molecule has 6 heteroatoms. The molecule has 0 bridgehead atoms. The molecule has 0 heterocycles. The predicted octanol–water partition coefficient (Wildman–Crippen LogP) is 2.86. The minimum Gasteiger partial charge on any atom is -0.623 e. The molecule has 0 radical (unpaired) electrons. The van der Waals surface area contributed by atoms with Crippen molar-refractivity contribution in [3.05, 3.63) is 76.7 Å². The number of ketones is 1. The highest BCUT2D eigenvalue weighted by Crippen LogP contribution is 2.06. The van der Waals surface area contributed by atoms with Crippen LogP contribution < -0.4 is 0 Å². The van der Waals surface area contributed by atoms with Crippen LogP contribution in [0.1, 0.15) is 22.8 Å². The Balaban J connectivity index is 2.22. The van der Waals surface area contributed by atoms with E-state index in [9.17, 15) is 14.4 Å². The number of nitrogens with zero attached hydrogens (tertiary/aromatic N) is 2. The summed E-state index contributed by atoms with van der Waals surface area (Å²) in [4.78, 5) is 12.2. The standard InChI is InChI=1S/C17H15FN2O3/c1-12(17(21)14-7-9-15(18)10-8-14)20(23)11-16(19-22)13-5-3-2-4-6-13/h2-10,22H,11H2,1H3/b19-16-,20-12+. The molecule has 23 heavy (non-hydrogen) atoms. The van der Waals surface area contributed by atoms with Crippen molar-refractivity contribution in [2.24, 2.45) is 5.16 Å². The van der Waals surface area contributed by atoms with Crippen LogP contribution in [-0.2, 0) is 0 Å². The fourth-order valence-corrected chi connectivity index (χ4v) is 1.99. The molecule has 0 aliphatic carbocycles. The Morgan fingerprint density at radius 3 is 2.30 bits per heavy atom. The highest BCUT2D eigenvalue weighted by molar-refractivity contribution is 6.43. The zero-order valence-electron chi connectivity index (χ0n) is 12.4. The van der Waals surface area contributed by atoms with Gasteiger partial charge >= 0.3 is 0 Å². The molecule has 0 spiro atoms. The van der Waals surface area contributed by atoms with Crippen molar-refractivity contribution in [1.82, 2.24) is 0 Å². The fraction of sp³-hybridized carbons (Fsp3) is 0.118. The van der Waals surface area contributed by atoms with E-state index in [1.54, 1.807) is 30.3 Å². The molecule has 0 saturated heterocycles. The summed E-state index contributed by atoms with van der Waals surface area (Å²) in [5, 5.41) is 24.4. The fourth-order valence-electron chi connectivity index (χ4n) is 1.99. The van der Waals surface area contributed by atoms with Crippen LogP contribution in [0, 0.1) is 11.0 Å². The van der Waals surface area contributed by atoms with Gasteiger partial charge in [0.05, 0.1) is 0 Å². The van der Waals surface area contributed by atoms with Gasteiger partial charge in [0.2, 0.25) is 5.71 Å². The van der Waals surface area contributed by atoms with E-state index in [1.165, 1.54) is 19.1 Å². The predicted molar refractivity (Wildman–Crippen MR) is 84.7 cm³/mol. The Bertz CT molecular complexity index is 753. The minimum atomic E-state index is -0.509. The Hall–Kier alpha value is -3.02. The summed E-state index contributed by atoms with van der Waals surface area (Å²) in [6, 6.07) is 13.6. The molecule has 2 rings (SSSR count). The van der Waals surface area contributed by atoms with Gasteiger partial charge in [0.25, 0.3) is 5.78 Å². The van der Waals surface area contributed by atoms with Gasteiger partial charge in [0.15, 0.2) is 12.3 Å². The van der Waals surface area contributed by atoms with Crippen LogP contribution in [0.2, 0.25) is 0 Å². The van der Waals surface area contributed by atoms with Gasteiger partial charge in [-0.3, -0.25) is 4.79 Å². The van der Waals surface area contributed by atoms with Gasteiger partial charge in [-0.1, -0.05) is 35.5 Å². The van der Waals surface area contributed by atoms with E-state index < -0.39 is 11.6 Å². The topological polar surface area (TPSA) is 75.7 Å². The van der Waals surface area contributed by atoms with Crippen molar-refractivity contribution in [2.75, 3.05) is 6.54 Å². The van der Waals surface area contributed by atoms with Crippen LogP contribution in [0.4, 0.5) is 4.39 Å². The zero-order valence-corrected chi connectivity index (χ0v) is 12.4. The van der Waals surface area contributed by atoms with Crippen LogP contribution >= 0.6 is 0 Å². The van der Waals surface area contributed by atoms with Crippen molar-refractivity contribution in [2.45, 2.75) is 6.92 Å². The Labute approximate surface area is 132 Å². The van der Waals surface area contributed by atoms with Gasteiger partial charge in [0, 0.05) is 18.1 Å². The van der Waals surface area contributed by atoms with E-state index in [0.717, 1.165) is 12.1 Å². The molecule has 5 nitrogen and oxygen atoms in total. The minimum absolute atomic E-state index is 0.0753. The summed E-state index contributed by atoms with van der Waals surface area (Å²) in [6.45, 7) is 1.10. The number of hydroxylamine groups is 1. The summed E-state index contributed by atoms with van der Waals surface area (Å²) in [5.41, 5.74) is 0.866. The first-order chi connectivity index (χ1) is 11.0. The quantitative estimate of drug-likeness (QED) is 0.230. The molecule has 0 fully saturated rings. The lowest BCUT2D eigenvalue weighted by molar-refractivity contribution is -0.439. The zero-order chi connectivity index (χ0) is 16.8. The first-order valence-electron chi connectivity index (χ1n) is 6.87. The number of carbonyl (C=O) groups excluding carboxylic acids is 1. The summed E-state index contributed by atoms with van der Waals surface area (Å²) >= 11 is 0. The number of halogens is 1. The number of oxime groups is 1. The molecule has 0 amide bonds. The van der Waals surface area contributed by atoms with Gasteiger partial charge in [-0.15, -0.1) is 0 Å². The lowest BCUT2D eigenvalue weighted by Crippen LogP contribution is -2.27. The summed E-state index contributed by atoms with van der Waals surface area (Å²) < 4.78 is 13.3. The van der Waals surface area contributed by atoms with Crippen molar-refractivity contribution in [3.8, 4) is 0 Å². The highest BCUT2D eigenvalue weighted by Gasteiger charge is 2.19. The maximum atomic E-state index is 12.9. The maximum absolute atomic E-state index is 12.9. The molecule has 2 aromatic rings. The highest BCUT2D eigenvalue weighted by atomic mass is 19.1. The second kappa shape index (κ2) is 7.31. The molecule has 0 aromatic heterocycles. The number of rotatable bonds is 5. The van der Waals surface area contributed by atoms with Crippen LogP contribution in [-0.4, -0.2) is 33.7 Å². The number of carbonyl (C=O) groups is 1. The number of benzene rings is 2. The molecule has 0 unspecified atom stereocenters. The summed E-state index contributed by atoms with van der Waals surface area (Å²) in [7, 11) is 0. The van der Waals surface area contributed by atoms with Gasteiger partial charge < -0.3 is 10.4 Å². The van der Waals surface area contributed by atoms with E-state index in [-0.39, 0.29) is 23.5 Å². The monoisotopic (exact) mass is 314 g/mol. The van der Waals surface area contributed by atoms with E-state index in [2.05, 4.69) is 5.16 Å². The summed E-state index contributed by atoms with van der Waals surface area (Å²) in [6.07, 6.45) is 0. The molecule has 1 N–H and O–H groups in total. The summed E-state index contributed by atoms with van der Waals surface area (Å²) in [5.74, 6) is -0.970. The third-order valence-electron chi connectivity index (χ3n) is 3.33. The number of hydrogen-bond donors (Lipinski definition) is 1. The molecular weight excluding hydrogens is 299 g/mol. The van der Waals surface area contributed by atoms with E-state index >= 15 is 0 Å². The largest absolute Gasteiger partial charge is 0.623 e. The van der Waals surface area contributed by atoms with Gasteiger partial charge in [-0.05, 0) is 24.3 Å². The van der Waals surface area contributed by atoms with Gasteiger partial charge in [-0.25, -0.2) is 4.39 Å². The Kier molecular flexibility index (Phi) is 5.19. The first-order valence-corrected chi connectivity index (χ1v) is 6.87. The third kappa shape index (κ3) is 4.00. The third-order valence-corrected chi connectivity index (χ3v) is 3.33. The van der Waals surface area contributed by atoms with E-state index in [4.69, 9.17) is 5.21 Å². The van der Waals surface area contributed by atoms with Crippen LogP contribution in [0.3, 0.4) is 0 Å². The number of Topliss-reactive ketones (excluding diaryl/α,β-unsaturated/α-hetero) is 1. The van der Waals surface area contributed by atoms with Crippen molar-refractivity contribution in [3.63, 3.8) is 0 Å². The van der Waals surface area contributed by atoms with Crippen LogP contribution in [0.25, 0.3) is 0 Å². The van der Waals surface area contributed by atoms with Gasteiger partial charge in [-0.2, -0.15) is 4.74 Å². The average Bonchev–Trinajstić information content (AvgIpc) is 2.59. The van der Waals surface area contributed by atoms with Crippen LogP contribution in [0.5, 0.6) is 0 Å². The SMILES string of the molecule is C/C(C(=O)c1ccc(F)cc1)=[N+](\[O-])C/C(=N/O)c1ccccc1. The van der Waals surface area contributed by atoms with Crippen molar-refractivity contribution >= 4 is 17.2 Å². The van der Waals surface area contributed by atoms with Gasteiger partial charge in [0.1, 0.15) is 5.82 Å². The van der Waals surface area contributed by atoms with Crippen molar-refractivity contribution < 1.29 is 19.1 Å². The van der Waals surface area contributed by atoms with E-state index in [0.29, 0.717) is 10.3 Å². The lowest BCUT2D eigenvalue weighted by Gasteiger charge is -2.09. The van der Waals surface area contributed by atoms with Crippen LogP contribution in [0.15, 0.2) is 59.8 Å². The Morgan fingerprint density at radius 2 is 1.74 bits per heavy atom. The molecular formula is C17H15FN2O3. The number of hydrogen-bond acceptors (Lipinski definition) is 4. The Morgan fingerprint density at radius 1 is 1.13 bits per heavy atom. The lowest BCUT2D eigenvalue weighted by atomic mass is 10.1. The maximum Gasteiger partial charge on any atom is 0.252 e.